The quantitative estimate of drug-likeness (QED) is 0.784. The molecule has 0 unspecified atom stereocenters. The summed E-state index contributed by atoms with van der Waals surface area (Å²) >= 11 is 0. The molecule has 1 N–H and O–H groups in total. The number of piperidine rings is 1. The predicted octanol–water partition coefficient (Wildman–Crippen LogP) is 1.07. The van der Waals surface area contributed by atoms with Crippen molar-refractivity contribution in [1.29, 1.82) is 0 Å². The van der Waals surface area contributed by atoms with Gasteiger partial charge in [-0.25, -0.2) is 9.78 Å². The van der Waals surface area contributed by atoms with Gasteiger partial charge in [0.25, 0.3) is 0 Å². The van der Waals surface area contributed by atoms with Crippen LogP contribution in [0, 0.1) is 5.92 Å². The standard InChI is InChI=1S/C18H22F3N5O3/c19-18(20,21)14-7-22-13(6-23-14)5-12-1-3-25(4-2-12)16(28)26-9-17(10-26)11-29-8-15(27)24-17/h6-7,12H,1-5,8-11H2,(H,24,27). The first kappa shape index (κ1) is 19.9. The molecule has 1 spiro atoms. The number of amides is 3. The maximum absolute atomic E-state index is 12.7. The van der Waals surface area contributed by atoms with E-state index in [-0.39, 0.29) is 24.5 Å². The summed E-state index contributed by atoms with van der Waals surface area (Å²) < 4.78 is 43.0. The molecular weight excluding hydrogens is 391 g/mol. The molecule has 0 bridgehead atoms. The Kier molecular flexibility index (Phi) is 5.09. The Bertz CT molecular complexity index is 772. The van der Waals surface area contributed by atoms with Gasteiger partial charge >= 0.3 is 12.2 Å². The molecule has 4 rings (SSSR count). The molecular formula is C18H22F3N5O3. The zero-order valence-corrected chi connectivity index (χ0v) is 15.7. The van der Waals surface area contributed by atoms with Gasteiger partial charge in [-0.05, 0) is 25.2 Å². The lowest BCUT2D eigenvalue weighted by molar-refractivity contribution is -0.142. The van der Waals surface area contributed by atoms with Gasteiger partial charge in [-0.2, -0.15) is 13.2 Å². The van der Waals surface area contributed by atoms with Crippen molar-refractivity contribution in [3.05, 3.63) is 23.8 Å². The molecule has 3 saturated heterocycles. The van der Waals surface area contributed by atoms with Crippen LogP contribution in [0.25, 0.3) is 0 Å². The maximum Gasteiger partial charge on any atom is 0.434 e. The fourth-order valence-electron chi connectivity index (χ4n) is 4.13. The first-order valence-corrected chi connectivity index (χ1v) is 9.55. The van der Waals surface area contributed by atoms with E-state index in [0.717, 1.165) is 19.0 Å². The van der Waals surface area contributed by atoms with Crippen molar-refractivity contribution in [3.8, 4) is 0 Å². The van der Waals surface area contributed by atoms with E-state index in [2.05, 4.69) is 15.3 Å². The van der Waals surface area contributed by atoms with Crippen LogP contribution in [-0.4, -0.2) is 76.6 Å². The first-order chi connectivity index (χ1) is 13.7. The Morgan fingerprint density at radius 1 is 1.21 bits per heavy atom. The summed E-state index contributed by atoms with van der Waals surface area (Å²) in [6, 6.07) is -0.0526. The summed E-state index contributed by atoms with van der Waals surface area (Å²) in [6.45, 7) is 2.54. The van der Waals surface area contributed by atoms with E-state index in [4.69, 9.17) is 4.74 Å². The fraction of sp³-hybridized carbons (Fsp3) is 0.667. The van der Waals surface area contributed by atoms with E-state index >= 15 is 0 Å². The topological polar surface area (TPSA) is 87.7 Å². The second kappa shape index (κ2) is 7.43. The number of halogens is 3. The van der Waals surface area contributed by atoms with Gasteiger partial charge in [-0.3, -0.25) is 9.78 Å². The van der Waals surface area contributed by atoms with Crippen LogP contribution in [0.3, 0.4) is 0 Å². The van der Waals surface area contributed by atoms with Crippen LogP contribution >= 0.6 is 0 Å². The average Bonchev–Trinajstić information content (AvgIpc) is 2.66. The molecule has 11 heteroatoms. The third kappa shape index (κ3) is 4.29. The van der Waals surface area contributed by atoms with Gasteiger partial charge in [0, 0.05) is 32.4 Å². The summed E-state index contributed by atoms with van der Waals surface area (Å²) in [7, 11) is 0. The third-order valence-corrected chi connectivity index (χ3v) is 5.65. The molecule has 4 heterocycles. The van der Waals surface area contributed by atoms with Gasteiger partial charge in [-0.1, -0.05) is 0 Å². The normalized spacial score (nSPS) is 22.4. The lowest BCUT2D eigenvalue weighted by Crippen LogP contribution is -2.76. The van der Waals surface area contributed by atoms with Crippen molar-refractivity contribution in [2.45, 2.75) is 31.0 Å². The molecule has 0 atom stereocenters. The van der Waals surface area contributed by atoms with E-state index in [9.17, 15) is 22.8 Å². The zero-order valence-electron chi connectivity index (χ0n) is 15.7. The highest BCUT2D eigenvalue weighted by Crippen LogP contribution is 2.29. The van der Waals surface area contributed by atoms with E-state index in [1.54, 1.807) is 9.80 Å². The lowest BCUT2D eigenvalue weighted by atomic mass is 9.89. The number of rotatable bonds is 2. The van der Waals surface area contributed by atoms with Crippen LogP contribution in [-0.2, 0) is 22.1 Å². The lowest BCUT2D eigenvalue weighted by Gasteiger charge is -2.52. The minimum Gasteiger partial charge on any atom is -0.369 e. The molecule has 3 aliphatic rings. The molecule has 29 heavy (non-hydrogen) atoms. The number of nitrogens with zero attached hydrogens (tertiary/aromatic N) is 4. The van der Waals surface area contributed by atoms with Gasteiger partial charge in [-0.15, -0.1) is 0 Å². The monoisotopic (exact) mass is 413 g/mol. The minimum absolute atomic E-state index is 0.0526. The molecule has 1 aromatic rings. The number of ether oxygens (including phenoxy) is 1. The number of aromatic nitrogens is 2. The van der Waals surface area contributed by atoms with Gasteiger partial charge < -0.3 is 19.9 Å². The molecule has 0 aliphatic carbocycles. The zero-order chi connectivity index (χ0) is 20.6. The molecule has 158 valence electrons. The molecule has 3 aliphatic heterocycles. The second-order valence-corrected chi connectivity index (χ2v) is 7.99. The summed E-state index contributed by atoms with van der Waals surface area (Å²) in [5.41, 5.74) is -0.918. The maximum atomic E-state index is 12.7. The minimum atomic E-state index is -4.49. The second-order valence-electron chi connectivity index (χ2n) is 7.99. The molecule has 0 saturated carbocycles. The average molecular weight is 413 g/mol. The van der Waals surface area contributed by atoms with Gasteiger partial charge in [0.1, 0.15) is 6.61 Å². The molecule has 3 fully saturated rings. The van der Waals surface area contributed by atoms with E-state index in [1.807, 2.05) is 0 Å². The van der Waals surface area contributed by atoms with Crippen molar-refractivity contribution in [3.63, 3.8) is 0 Å². The van der Waals surface area contributed by atoms with Crippen LogP contribution in [0.5, 0.6) is 0 Å². The SMILES string of the molecule is O=C1COCC2(CN(C(=O)N3CCC(Cc4cnc(C(F)(F)F)cn4)CC3)C2)N1. The number of likely N-dealkylation sites (tertiary alicyclic amines) is 2. The highest BCUT2D eigenvalue weighted by molar-refractivity contribution is 5.81. The number of carbonyl (C=O) groups is 2. The van der Waals surface area contributed by atoms with Gasteiger partial charge in [0.05, 0.1) is 24.0 Å². The van der Waals surface area contributed by atoms with E-state index < -0.39 is 17.4 Å². The van der Waals surface area contributed by atoms with Crippen LogP contribution in [0.15, 0.2) is 12.4 Å². The van der Waals surface area contributed by atoms with E-state index in [1.165, 1.54) is 6.20 Å². The van der Waals surface area contributed by atoms with Crippen molar-refractivity contribution in [1.82, 2.24) is 25.1 Å². The number of morpholine rings is 1. The predicted molar refractivity (Wildman–Crippen MR) is 93.7 cm³/mol. The van der Waals surface area contributed by atoms with Crippen molar-refractivity contribution in [2.75, 3.05) is 39.4 Å². The Morgan fingerprint density at radius 3 is 2.52 bits per heavy atom. The number of nitrogens with one attached hydrogen (secondary N) is 1. The van der Waals surface area contributed by atoms with E-state index in [0.29, 0.717) is 44.9 Å². The number of alkyl halides is 3. The summed E-state index contributed by atoms with van der Waals surface area (Å²) in [4.78, 5) is 35.0. The van der Waals surface area contributed by atoms with Crippen LogP contribution in [0.2, 0.25) is 0 Å². The Hall–Kier alpha value is -2.43. The largest absolute Gasteiger partial charge is 0.434 e. The van der Waals surface area contributed by atoms with Crippen molar-refractivity contribution >= 4 is 11.9 Å². The number of hydrogen-bond acceptors (Lipinski definition) is 5. The molecule has 1 aromatic heterocycles. The molecule has 8 nitrogen and oxygen atoms in total. The summed E-state index contributed by atoms with van der Waals surface area (Å²) in [5, 5.41) is 2.90. The van der Waals surface area contributed by atoms with Gasteiger partial charge in [0.2, 0.25) is 5.91 Å². The van der Waals surface area contributed by atoms with Crippen LogP contribution < -0.4 is 5.32 Å². The Balaban J connectivity index is 1.23. The van der Waals surface area contributed by atoms with Crippen molar-refractivity contribution in [2.24, 2.45) is 5.92 Å². The molecule has 0 radical (unpaired) electrons. The summed E-state index contributed by atoms with van der Waals surface area (Å²) in [5.74, 6) is 0.0920. The van der Waals surface area contributed by atoms with Crippen molar-refractivity contribution < 1.29 is 27.5 Å². The van der Waals surface area contributed by atoms with Crippen LogP contribution in [0.4, 0.5) is 18.0 Å². The fourth-order valence-corrected chi connectivity index (χ4v) is 4.13. The Morgan fingerprint density at radius 2 is 1.93 bits per heavy atom. The Labute approximate surface area is 165 Å². The number of hydrogen-bond donors (Lipinski definition) is 1. The third-order valence-electron chi connectivity index (χ3n) is 5.65. The number of urea groups is 1. The highest BCUT2D eigenvalue weighted by Gasteiger charge is 2.49. The summed E-state index contributed by atoms with van der Waals surface area (Å²) in [6.07, 6.45) is -0.481. The first-order valence-electron chi connectivity index (χ1n) is 9.55. The van der Waals surface area contributed by atoms with Crippen LogP contribution in [0.1, 0.15) is 24.2 Å². The number of carbonyl (C=O) groups excluding carboxylic acids is 2. The molecule has 3 amide bonds. The smallest absolute Gasteiger partial charge is 0.369 e. The van der Waals surface area contributed by atoms with Gasteiger partial charge in [0.15, 0.2) is 5.69 Å². The molecule has 0 aromatic carbocycles. The highest BCUT2D eigenvalue weighted by atomic mass is 19.4.